The molecule has 0 aliphatic carbocycles. The highest BCUT2D eigenvalue weighted by molar-refractivity contribution is 6.74. The Kier molecular flexibility index (Phi) is 7.91. The minimum atomic E-state index is -2.02. The van der Waals surface area contributed by atoms with Gasteiger partial charge in [0, 0.05) is 12.1 Å². The van der Waals surface area contributed by atoms with Crippen molar-refractivity contribution in [2.75, 3.05) is 14.2 Å². The number of hydrogen-bond acceptors (Lipinski definition) is 6. The van der Waals surface area contributed by atoms with Crippen molar-refractivity contribution in [3.8, 4) is 23.0 Å². The van der Waals surface area contributed by atoms with E-state index >= 15 is 0 Å². The molecule has 32 heavy (non-hydrogen) atoms. The Bertz CT molecular complexity index is 1020. The van der Waals surface area contributed by atoms with Crippen molar-refractivity contribution in [2.45, 2.75) is 45.8 Å². The highest BCUT2D eigenvalue weighted by atomic mass is 28.4. The first-order valence-electron chi connectivity index (χ1n) is 10.3. The summed E-state index contributed by atoms with van der Waals surface area (Å²) in [7, 11) is 1.06. The number of methoxy groups -OCH3 is 2. The third kappa shape index (κ3) is 6.23. The average Bonchev–Trinajstić information content (AvgIpc) is 2.71. The van der Waals surface area contributed by atoms with Gasteiger partial charge in [-0.1, -0.05) is 26.8 Å². The van der Waals surface area contributed by atoms with Crippen molar-refractivity contribution in [3.63, 3.8) is 0 Å². The molecule has 7 heteroatoms. The van der Waals surface area contributed by atoms with E-state index in [-0.39, 0.29) is 16.6 Å². The van der Waals surface area contributed by atoms with E-state index in [1.54, 1.807) is 31.4 Å². The number of benzene rings is 2. The van der Waals surface area contributed by atoms with Crippen LogP contribution in [0.15, 0.2) is 42.5 Å². The summed E-state index contributed by atoms with van der Waals surface area (Å²) >= 11 is 0. The summed E-state index contributed by atoms with van der Waals surface area (Å²) in [5.74, 6) is 1.10. The molecule has 0 heterocycles. The van der Waals surface area contributed by atoms with Gasteiger partial charge in [-0.3, -0.25) is 4.79 Å². The maximum atomic E-state index is 12.4. The molecule has 0 spiro atoms. The second kappa shape index (κ2) is 10.0. The van der Waals surface area contributed by atoms with Crippen LogP contribution in [0, 0.1) is 0 Å². The highest BCUT2D eigenvalue weighted by Crippen LogP contribution is 2.40. The second-order valence-corrected chi connectivity index (χ2v) is 13.7. The van der Waals surface area contributed by atoms with Gasteiger partial charge in [0.05, 0.1) is 19.8 Å². The minimum absolute atomic E-state index is 0.0548. The third-order valence-corrected chi connectivity index (χ3v) is 9.89. The van der Waals surface area contributed by atoms with Gasteiger partial charge in [-0.2, -0.15) is 0 Å². The van der Waals surface area contributed by atoms with E-state index in [9.17, 15) is 9.59 Å². The van der Waals surface area contributed by atoms with Gasteiger partial charge in [-0.15, -0.1) is 0 Å². The number of ether oxygens (including phenoxy) is 3. The summed E-state index contributed by atoms with van der Waals surface area (Å²) < 4.78 is 22.4. The minimum Gasteiger partial charge on any atom is -0.541 e. The molecule has 0 aromatic heterocycles. The second-order valence-electron chi connectivity index (χ2n) is 8.95. The van der Waals surface area contributed by atoms with E-state index in [0.29, 0.717) is 22.8 Å². The zero-order chi connectivity index (χ0) is 24.1. The molecule has 0 saturated carbocycles. The summed E-state index contributed by atoms with van der Waals surface area (Å²) in [5.41, 5.74) is 1.06. The van der Waals surface area contributed by atoms with Crippen molar-refractivity contribution in [3.05, 3.63) is 53.6 Å². The molecule has 0 aliphatic heterocycles. The lowest BCUT2D eigenvalue weighted by molar-refractivity contribution is -0.128. The lowest BCUT2D eigenvalue weighted by Crippen LogP contribution is -2.43. The van der Waals surface area contributed by atoms with E-state index in [1.807, 2.05) is 12.1 Å². The summed E-state index contributed by atoms with van der Waals surface area (Å²) in [5, 5.41) is 0.0548. The number of Topliss-reactive ketones (excluding diaryl/α,β-unsaturated/α-hetero) is 1. The normalized spacial score (nSPS) is 11.9. The van der Waals surface area contributed by atoms with Crippen LogP contribution < -0.4 is 18.6 Å². The van der Waals surface area contributed by atoms with Gasteiger partial charge in [-0.05, 0) is 61.0 Å². The molecule has 2 aromatic rings. The summed E-state index contributed by atoms with van der Waals surface area (Å²) in [6.45, 7) is 12.3. The maximum absolute atomic E-state index is 12.4. The fraction of sp³-hybridized carbons (Fsp3) is 0.360. The van der Waals surface area contributed by atoms with Crippen molar-refractivity contribution in [1.29, 1.82) is 0 Å². The van der Waals surface area contributed by atoms with Crippen molar-refractivity contribution >= 4 is 26.1 Å². The van der Waals surface area contributed by atoms with Gasteiger partial charge < -0.3 is 18.6 Å². The molecule has 0 radical (unpaired) electrons. The zero-order valence-corrected chi connectivity index (χ0v) is 21.1. The highest BCUT2D eigenvalue weighted by Gasteiger charge is 2.39. The van der Waals surface area contributed by atoms with Crippen LogP contribution in [0.1, 0.15) is 43.6 Å². The quantitative estimate of drug-likeness (QED) is 0.162. The molecule has 0 amide bonds. The lowest BCUT2D eigenvalue weighted by Gasteiger charge is -2.36. The first-order chi connectivity index (χ1) is 14.9. The largest absolute Gasteiger partial charge is 0.541 e. The van der Waals surface area contributed by atoms with Crippen LogP contribution in [0.3, 0.4) is 0 Å². The van der Waals surface area contributed by atoms with E-state index < -0.39 is 14.3 Å². The molecule has 6 nitrogen and oxygen atoms in total. The average molecular weight is 457 g/mol. The Morgan fingerprint density at radius 3 is 2.16 bits per heavy atom. The number of rotatable bonds is 8. The third-order valence-electron chi connectivity index (χ3n) is 5.55. The van der Waals surface area contributed by atoms with Crippen LogP contribution >= 0.6 is 0 Å². The molecule has 0 N–H and O–H groups in total. The van der Waals surface area contributed by atoms with Gasteiger partial charge in [0.15, 0.2) is 11.5 Å². The fourth-order valence-corrected chi connectivity index (χ4v) is 3.64. The van der Waals surface area contributed by atoms with Crippen LogP contribution in [0.5, 0.6) is 23.0 Å². The smallest absolute Gasteiger partial charge is 0.336 e. The molecule has 0 fully saturated rings. The van der Waals surface area contributed by atoms with Gasteiger partial charge in [0.1, 0.15) is 17.2 Å². The number of carbonyl (C=O) groups excluding carboxylic acids is 2. The zero-order valence-electron chi connectivity index (χ0n) is 20.1. The Morgan fingerprint density at radius 2 is 1.59 bits per heavy atom. The SMILES string of the molecule is COc1ccc(C(C)=O)c(OC(=O)/C=C/c2ccc(O[Si](C)(C)C(C)(C)C)c(OC)c2)c1. The van der Waals surface area contributed by atoms with Crippen molar-refractivity contribution in [2.24, 2.45) is 0 Å². The summed E-state index contributed by atoms with van der Waals surface area (Å²) in [6, 6.07) is 10.2. The van der Waals surface area contributed by atoms with E-state index in [1.165, 1.54) is 26.2 Å². The molecular formula is C25H32O6Si. The Labute approximate surface area is 191 Å². The topological polar surface area (TPSA) is 71.1 Å². The van der Waals surface area contributed by atoms with Gasteiger partial charge in [-0.25, -0.2) is 4.79 Å². The summed E-state index contributed by atoms with van der Waals surface area (Å²) in [6.07, 6.45) is 2.92. The van der Waals surface area contributed by atoms with E-state index in [4.69, 9.17) is 18.6 Å². The van der Waals surface area contributed by atoms with E-state index in [2.05, 4.69) is 33.9 Å². The first-order valence-corrected chi connectivity index (χ1v) is 13.2. The number of esters is 1. The molecule has 0 bridgehead atoms. The summed E-state index contributed by atoms with van der Waals surface area (Å²) in [4.78, 5) is 24.2. The Balaban J connectivity index is 2.20. The molecule has 172 valence electrons. The standard InChI is InChI=1S/C25H32O6Si/c1-17(26)20-12-11-19(28-5)16-22(20)30-24(27)14-10-18-9-13-21(23(15-18)29-6)31-32(7,8)25(2,3)4/h9-16H,1-8H3/b14-10+. The van der Waals surface area contributed by atoms with Crippen LogP contribution in [0.2, 0.25) is 18.1 Å². The Morgan fingerprint density at radius 1 is 0.906 bits per heavy atom. The van der Waals surface area contributed by atoms with Gasteiger partial charge in [0.25, 0.3) is 8.32 Å². The van der Waals surface area contributed by atoms with Crippen molar-refractivity contribution < 1.29 is 28.2 Å². The molecule has 0 saturated heterocycles. The Hall–Kier alpha value is -3.06. The molecule has 0 aliphatic rings. The van der Waals surface area contributed by atoms with Crippen molar-refractivity contribution in [1.82, 2.24) is 0 Å². The van der Waals surface area contributed by atoms with Gasteiger partial charge >= 0.3 is 5.97 Å². The number of hydrogen-bond donors (Lipinski definition) is 0. The molecule has 2 aromatic carbocycles. The molecule has 0 atom stereocenters. The van der Waals surface area contributed by atoms with Crippen LogP contribution in [-0.2, 0) is 4.79 Å². The first kappa shape index (κ1) is 25.2. The predicted octanol–water partition coefficient (Wildman–Crippen LogP) is 5.91. The number of carbonyl (C=O) groups is 2. The number of ketones is 1. The maximum Gasteiger partial charge on any atom is 0.336 e. The van der Waals surface area contributed by atoms with Crippen LogP contribution in [0.4, 0.5) is 0 Å². The molecule has 2 rings (SSSR count). The molecule has 0 unspecified atom stereocenters. The fourth-order valence-electron chi connectivity index (χ4n) is 2.61. The van der Waals surface area contributed by atoms with Gasteiger partial charge in [0.2, 0.25) is 0 Å². The monoisotopic (exact) mass is 456 g/mol. The lowest BCUT2D eigenvalue weighted by atomic mass is 10.1. The van der Waals surface area contributed by atoms with Crippen LogP contribution in [-0.4, -0.2) is 34.3 Å². The van der Waals surface area contributed by atoms with E-state index in [0.717, 1.165) is 5.56 Å². The molecular weight excluding hydrogens is 424 g/mol. The van der Waals surface area contributed by atoms with Crippen LogP contribution in [0.25, 0.3) is 6.08 Å². The predicted molar refractivity (Wildman–Crippen MR) is 128 cm³/mol.